The number of carbonyl (C=O) groups excluding carboxylic acids is 1. The predicted octanol–water partition coefficient (Wildman–Crippen LogP) is 2.34. The van der Waals surface area contributed by atoms with Gasteiger partial charge in [0.2, 0.25) is 0 Å². The Kier molecular flexibility index (Phi) is 1.42. The summed E-state index contributed by atoms with van der Waals surface area (Å²) in [6.45, 7) is 9.23. The Balaban J connectivity index is 2.08. The van der Waals surface area contributed by atoms with Gasteiger partial charge in [-0.3, -0.25) is 4.79 Å². The summed E-state index contributed by atoms with van der Waals surface area (Å²) in [5, 5.41) is 0. The maximum absolute atomic E-state index is 12.3. The molecule has 0 aromatic carbocycles. The lowest BCUT2D eigenvalue weighted by Crippen LogP contribution is -2.38. The third-order valence-electron chi connectivity index (χ3n) is 4.21. The maximum Gasteiger partial charge on any atom is 0.193 e. The van der Waals surface area contributed by atoms with Crippen molar-refractivity contribution in [2.45, 2.75) is 39.7 Å². The third kappa shape index (κ3) is 1.06. The standard InChI is InChI=1S/C13H18O2/c1-11(2,3)8-5-12(4)6-9(12)13(7-15-13)10(8)14/h5,9H,6-7H2,1-4H3/t9-,12+,13-/m0/s1. The molecule has 3 atom stereocenters. The number of epoxide rings is 1. The SMILES string of the molecule is CC(C)(C)C1=C[C@]2(C)C[C@@H]2[C@@]2(CO2)C1=O. The van der Waals surface area contributed by atoms with E-state index in [0.29, 0.717) is 12.5 Å². The molecule has 0 amide bonds. The lowest BCUT2D eigenvalue weighted by atomic mass is 9.72. The first kappa shape index (κ1) is 9.59. The Morgan fingerprint density at radius 1 is 1.47 bits per heavy atom. The van der Waals surface area contributed by atoms with Crippen molar-refractivity contribution in [1.29, 1.82) is 0 Å². The van der Waals surface area contributed by atoms with Crippen LogP contribution in [0.1, 0.15) is 34.1 Å². The molecule has 0 N–H and O–H groups in total. The average Bonchev–Trinajstić information content (AvgIpc) is 2.92. The first-order chi connectivity index (χ1) is 6.80. The molecule has 1 saturated heterocycles. The fraction of sp³-hybridized carbons (Fsp3) is 0.769. The number of ether oxygens (including phenoxy) is 1. The van der Waals surface area contributed by atoms with E-state index in [2.05, 4.69) is 33.8 Å². The molecule has 2 heteroatoms. The molecule has 0 aromatic heterocycles. The van der Waals surface area contributed by atoms with Crippen LogP contribution in [0.15, 0.2) is 11.6 Å². The Morgan fingerprint density at radius 2 is 2.07 bits per heavy atom. The van der Waals surface area contributed by atoms with Crippen molar-refractivity contribution in [3.63, 3.8) is 0 Å². The lowest BCUT2D eigenvalue weighted by Gasteiger charge is -2.30. The highest BCUT2D eigenvalue weighted by molar-refractivity contribution is 6.06. The van der Waals surface area contributed by atoms with Gasteiger partial charge < -0.3 is 4.74 Å². The van der Waals surface area contributed by atoms with E-state index in [-0.39, 0.29) is 16.6 Å². The number of fused-ring (bicyclic) bond motifs is 2. The second-order valence-corrected chi connectivity index (χ2v) is 6.58. The topological polar surface area (TPSA) is 29.6 Å². The monoisotopic (exact) mass is 206 g/mol. The van der Waals surface area contributed by atoms with E-state index in [9.17, 15) is 4.79 Å². The molecule has 15 heavy (non-hydrogen) atoms. The summed E-state index contributed by atoms with van der Waals surface area (Å²) in [5.41, 5.74) is 0.780. The third-order valence-corrected chi connectivity index (χ3v) is 4.21. The number of rotatable bonds is 0. The number of hydrogen-bond donors (Lipinski definition) is 0. The van der Waals surface area contributed by atoms with Crippen LogP contribution < -0.4 is 0 Å². The van der Waals surface area contributed by atoms with E-state index in [1.54, 1.807) is 0 Å². The highest BCUT2D eigenvalue weighted by Crippen LogP contribution is 2.68. The van der Waals surface area contributed by atoms with E-state index < -0.39 is 5.60 Å². The average molecular weight is 206 g/mol. The number of Topliss-reactive ketones (excluding diaryl/α,β-unsaturated/α-hetero) is 1. The van der Waals surface area contributed by atoms with Gasteiger partial charge in [0.25, 0.3) is 0 Å². The van der Waals surface area contributed by atoms with Crippen molar-refractivity contribution in [3.8, 4) is 0 Å². The molecule has 0 unspecified atom stereocenters. The van der Waals surface area contributed by atoms with Crippen LogP contribution in [0.2, 0.25) is 0 Å². The van der Waals surface area contributed by atoms with Crippen molar-refractivity contribution < 1.29 is 9.53 Å². The van der Waals surface area contributed by atoms with Crippen molar-refractivity contribution in [3.05, 3.63) is 11.6 Å². The molecule has 1 aliphatic heterocycles. The molecule has 1 spiro atoms. The highest BCUT2D eigenvalue weighted by atomic mass is 16.6. The number of allylic oxidation sites excluding steroid dienone is 1. The van der Waals surface area contributed by atoms with Gasteiger partial charge in [0, 0.05) is 11.5 Å². The number of ketones is 1. The molecular formula is C13H18O2. The molecule has 1 saturated carbocycles. The molecule has 2 fully saturated rings. The van der Waals surface area contributed by atoms with Gasteiger partial charge in [-0.25, -0.2) is 0 Å². The summed E-state index contributed by atoms with van der Waals surface area (Å²) >= 11 is 0. The summed E-state index contributed by atoms with van der Waals surface area (Å²) in [5.74, 6) is 0.721. The van der Waals surface area contributed by atoms with Crippen LogP contribution in [0.5, 0.6) is 0 Å². The zero-order chi connectivity index (χ0) is 11.1. The van der Waals surface area contributed by atoms with Crippen LogP contribution in [-0.4, -0.2) is 18.0 Å². The van der Waals surface area contributed by atoms with Crippen LogP contribution in [0.3, 0.4) is 0 Å². The number of hydrogen-bond acceptors (Lipinski definition) is 2. The van der Waals surface area contributed by atoms with Gasteiger partial charge in [-0.2, -0.15) is 0 Å². The van der Waals surface area contributed by atoms with Crippen LogP contribution in [0.25, 0.3) is 0 Å². The Bertz CT molecular complexity index is 382. The molecule has 1 heterocycles. The van der Waals surface area contributed by atoms with Gasteiger partial charge >= 0.3 is 0 Å². The predicted molar refractivity (Wildman–Crippen MR) is 57.4 cm³/mol. The minimum Gasteiger partial charge on any atom is -0.361 e. The van der Waals surface area contributed by atoms with Crippen molar-refractivity contribution in [1.82, 2.24) is 0 Å². The molecule has 2 nitrogen and oxygen atoms in total. The second kappa shape index (κ2) is 2.22. The van der Waals surface area contributed by atoms with Crippen LogP contribution >= 0.6 is 0 Å². The summed E-state index contributed by atoms with van der Waals surface area (Å²) < 4.78 is 5.50. The van der Waals surface area contributed by atoms with Gasteiger partial charge in [-0.15, -0.1) is 0 Å². The Morgan fingerprint density at radius 3 is 2.53 bits per heavy atom. The normalized spacial score (nSPS) is 47.6. The minimum atomic E-state index is -0.397. The van der Waals surface area contributed by atoms with E-state index in [4.69, 9.17) is 4.74 Å². The second-order valence-electron chi connectivity index (χ2n) is 6.58. The zero-order valence-electron chi connectivity index (χ0n) is 9.89. The summed E-state index contributed by atoms with van der Waals surface area (Å²) in [6.07, 6.45) is 3.34. The fourth-order valence-electron chi connectivity index (χ4n) is 2.99. The fourth-order valence-corrected chi connectivity index (χ4v) is 2.99. The summed E-state index contributed by atoms with van der Waals surface area (Å²) in [7, 11) is 0. The molecule has 0 radical (unpaired) electrons. The number of carbonyl (C=O) groups is 1. The van der Waals surface area contributed by atoms with Crippen molar-refractivity contribution in [2.75, 3.05) is 6.61 Å². The van der Waals surface area contributed by atoms with Crippen LogP contribution in [0, 0.1) is 16.7 Å². The van der Waals surface area contributed by atoms with E-state index in [0.717, 1.165) is 12.0 Å². The Hall–Kier alpha value is -0.630. The molecule has 3 aliphatic rings. The minimum absolute atomic E-state index is 0.0490. The van der Waals surface area contributed by atoms with E-state index in [1.165, 1.54) is 0 Å². The highest BCUT2D eigenvalue weighted by Gasteiger charge is 2.73. The zero-order valence-corrected chi connectivity index (χ0v) is 9.89. The van der Waals surface area contributed by atoms with E-state index >= 15 is 0 Å². The quantitative estimate of drug-likeness (QED) is 0.569. The molecule has 0 aromatic rings. The van der Waals surface area contributed by atoms with Crippen LogP contribution in [0.4, 0.5) is 0 Å². The Labute approximate surface area is 90.7 Å². The largest absolute Gasteiger partial charge is 0.361 e. The van der Waals surface area contributed by atoms with Crippen LogP contribution in [-0.2, 0) is 9.53 Å². The van der Waals surface area contributed by atoms with Crippen molar-refractivity contribution >= 4 is 5.78 Å². The first-order valence-electron chi connectivity index (χ1n) is 5.72. The maximum atomic E-state index is 12.3. The van der Waals surface area contributed by atoms with Gasteiger partial charge in [-0.05, 0) is 17.3 Å². The first-order valence-corrected chi connectivity index (χ1v) is 5.72. The smallest absolute Gasteiger partial charge is 0.193 e. The molecular weight excluding hydrogens is 188 g/mol. The van der Waals surface area contributed by atoms with Gasteiger partial charge in [-0.1, -0.05) is 33.8 Å². The van der Waals surface area contributed by atoms with Gasteiger partial charge in [0.05, 0.1) is 6.61 Å². The van der Waals surface area contributed by atoms with E-state index in [1.807, 2.05) is 0 Å². The summed E-state index contributed by atoms with van der Waals surface area (Å²) in [6, 6.07) is 0. The lowest BCUT2D eigenvalue weighted by molar-refractivity contribution is -0.123. The molecule has 0 bridgehead atoms. The van der Waals surface area contributed by atoms with Crippen molar-refractivity contribution in [2.24, 2.45) is 16.7 Å². The molecule has 3 rings (SSSR count). The van der Waals surface area contributed by atoms with Gasteiger partial charge in [0.15, 0.2) is 11.4 Å². The summed E-state index contributed by atoms with van der Waals surface area (Å²) in [4.78, 5) is 12.3. The molecule has 82 valence electrons. The van der Waals surface area contributed by atoms with Gasteiger partial charge in [0.1, 0.15) is 0 Å². The molecule has 2 aliphatic carbocycles.